The van der Waals surface area contributed by atoms with Crippen molar-refractivity contribution in [2.75, 3.05) is 21.3 Å². The summed E-state index contributed by atoms with van der Waals surface area (Å²) in [5.74, 6) is 2.69. The predicted octanol–water partition coefficient (Wildman–Crippen LogP) is -2.02. The van der Waals surface area contributed by atoms with Crippen LogP contribution in [0.3, 0.4) is 0 Å². The summed E-state index contributed by atoms with van der Waals surface area (Å²) in [6.45, 7) is 22.9. The molecule has 3 nitrogen and oxygen atoms in total. The smallest absolute Gasteiger partial charge is 1.00 e. The third-order valence-electron chi connectivity index (χ3n) is 10.2. The van der Waals surface area contributed by atoms with E-state index in [0.717, 1.165) is 17.2 Å². The molecule has 4 rings (SSSR count). The molecule has 0 radical (unpaired) electrons. The van der Waals surface area contributed by atoms with Crippen molar-refractivity contribution in [3.8, 4) is 17.2 Å². The Balaban J connectivity index is 0.00000323. The van der Waals surface area contributed by atoms with Gasteiger partial charge in [-0.05, 0) is 0 Å². The van der Waals surface area contributed by atoms with Crippen molar-refractivity contribution in [1.82, 2.24) is 0 Å². The summed E-state index contributed by atoms with van der Waals surface area (Å²) in [7, 11) is 2.28. The molecule has 0 heterocycles. The van der Waals surface area contributed by atoms with Crippen LogP contribution in [0.5, 0.6) is 17.2 Å². The van der Waals surface area contributed by atoms with E-state index in [0.29, 0.717) is 0 Å². The van der Waals surface area contributed by atoms with Crippen molar-refractivity contribution in [1.29, 1.82) is 0 Å². The van der Waals surface area contributed by atoms with Crippen LogP contribution in [0, 0.1) is 41.5 Å². The van der Waals surface area contributed by atoms with Crippen LogP contribution in [0.4, 0.5) is 0 Å². The molecular formula is C36H45Cl3O3SiTi. The van der Waals surface area contributed by atoms with E-state index in [2.05, 4.69) is 126 Å². The van der Waals surface area contributed by atoms with Gasteiger partial charge in [0.2, 0.25) is 0 Å². The molecular weight excluding hydrogens is 663 g/mol. The average Bonchev–Trinajstić information content (AvgIpc) is 3.10. The van der Waals surface area contributed by atoms with Crippen LogP contribution in [0.25, 0.3) is 0 Å². The molecule has 3 aromatic carbocycles. The number of ether oxygens (including phenoxy) is 3. The first-order chi connectivity index (χ1) is 19.2. The molecule has 0 aliphatic heterocycles. The Labute approximate surface area is 296 Å². The molecule has 8 heteroatoms. The molecule has 0 N–H and O–H groups in total. The number of benzene rings is 3. The van der Waals surface area contributed by atoms with Crippen molar-refractivity contribution >= 4 is 23.6 Å². The molecule has 0 spiro atoms. The fourth-order valence-corrected chi connectivity index (χ4v) is 16.4. The number of hydrogen-bond acceptors (Lipinski definition) is 3. The second-order valence-electron chi connectivity index (χ2n) is 11.9. The predicted molar refractivity (Wildman–Crippen MR) is 172 cm³/mol. The summed E-state index contributed by atoms with van der Waals surface area (Å²) in [6, 6.07) is 13.5. The third-order valence-corrected chi connectivity index (χ3v) is 19.0. The summed E-state index contributed by atoms with van der Waals surface area (Å²) in [6.07, 6.45) is 0. The first-order valence-corrected chi connectivity index (χ1v) is 17.1. The molecule has 0 saturated carbocycles. The molecule has 0 unspecified atom stereocenters. The van der Waals surface area contributed by atoms with Gasteiger partial charge in [-0.15, -0.1) is 0 Å². The van der Waals surface area contributed by atoms with E-state index < -0.39 is 8.07 Å². The zero-order valence-corrected chi connectivity index (χ0v) is 33.2. The zero-order valence-electron chi connectivity index (χ0n) is 28.3. The van der Waals surface area contributed by atoms with Crippen LogP contribution in [-0.2, 0) is 20.4 Å². The van der Waals surface area contributed by atoms with Crippen molar-refractivity contribution < 1.29 is 71.9 Å². The Morgan fingerprint density at radius 3 is 0.955 bits per heavy atom. The molecule has 1 aliphatic carbocycles. The standard InChI is InChI=1S/C36H45O3Si.3ClH.Ti/c1-20-14-30(37-11)17-33(23(20)4)40(36-28(9)26(7)27(8)29(36)10,34-18-31(38-12)15-21(2)24(34)5)35-19-32(39-13)16-22(3)25(35)6;;;;/h14-19H,1-13H3;3*1H;/q;;;;+3/p-3. The van der Waals surface area contributed by atoms with Gasteiger partial charge in [0.15, 0.2) is 0 Å². The van der Waals surface area contributed by atoms with Gasteiger partial charge in [-0.1, -0.05) is 0 Å². The van der Waals surface area contributed by atoms with Crippen molar-refractivity contribution in [3.05, 3.63) is 92.1 Å². The number of hydrogen-bond donors (Lipinski definition) is 0. The number of allylic oxidation sites excluding steroid dienone is 4. The number of halogens is 3. The fraction of sp³-hybridized carbons (Fsp3) is 0.389. The minimum atomic E-state index is -3.05. The molecule has 44 heavy (non-hydrogen) atoms. The molecule has 0 atom stereocenters. The maximum Gasteiger partial charge on any atom is -1.00 e. The molecule has 3 aromatic rings. The van der Waals surface area contributed by atoms with E-state index in [1.54, 1.807) is 21.3 Å². The number of rotatable bonds is 7. The molecule has 0 aromatic heterocycles. The van der Waals surface area contributed by atoms with Gasteiger partial charge in [-0.3, -0.25) is 0 Å². The monoisotopic (exact) mass is 706 g/mol. The van der Waals surface area contributed by atoms with Gasteiger partial charge in [-0.2, -0.15) is 0 Å². The number of methoxy groups -OCH3 is 3. The Morgan fingerprint density at radius 1 is 0.477 bits per heavy atom. The van der Waals surface area contributed by atoms with Crippen LogP contribution < -0.4 is 67.0 Å². The van der Waals surface area contributed by atoms with Crippen LogP contribution in [-0.4, -0.2) is 29.4 Å². The summed E-state index contributed by atoms with van der Waals surface area (Å²) in [5, 5.41) is 4.14. The Kier molecular flexibility index (Phi) is 13.6. The average molecular weight is 708 g/mol. The summed E-state index contributed by atoms with van der Waals surface area (Å²) >= 11 is 2.51. The van der Waals surface area contributed by atoms with Crippen LogP contribution in [0.15, 0.2) is 58.7 Å². The van der Waals surface area contributed by atoms with Gasteiger partial charge < -0.3 is 37.2 Å². The quantitative estimate of drug-likeness (QED) is 0.210. The Morgan fingerprint density at radius 2 is 0.727 bits per heavy atom. The normalized spacial score (nSPS) is 14.1. The molecule has 0 amide bonds. The minimum Gasteiger partial charge on any atom is -1.00 e. The SMILES string of the molecule is COc1cc(C)c(C)c([Si](c2cc(OC)cc(C)c2C)(c2cc(OC)cc(C)c2C)[C]2([Ti+3])C(C)=C(C)C(C)=C2C)c1.[Cl-].[Cl-].[Cl-]. The zero-order chi connectivity index (χ0) is 30.6. The van der Waals surface area contributed by atoms with Crippen LogP contribution in [0.2, 0.25) is 3.34 Å². The molecule has 1 aliphatic rings. The van der Waals surface area contributed by atoms with E-state index in [9.17, 15) is 0 Å². The maximum atomic E-state index is 6.00. The van der Waals surface area contributed by atoms with Crippen molar-refractivity contribution in [2.45, 2.75) is 72.6 Å². The first-order valence-electron chi connectivity index (χ1n) is 14.3. The maximum absolute atomic E-state index is 6.00. The van der Waals surface area contributed by atoms with Gasteiger partial charge in [0.1, 0.15) is 0 Å². The molecule has 0 saturated heterocycles. The van der Waals surface area contributed by atoms with E-state index >= 15 is 0 Å². The van der Waals surface area contributed by atoms with E-state index in [1.807, 2.05) is 0 Å². The van der Waals surface area contributed by atoms with Gasteiger partial charge >= 0.3 is 262 Å². The van der Waals surface area contributed by atoms with Crippen molar-refractivity contribution in [2.24, 2.45) is 0 Å². The second kappa shape index (κ2) is 14.8. The van der Waals surface area contributed by atoms with E-state index in [-0.39, 0.29) is 40.6 Å². The largest absolute Gasteiger partial charge is 1.00 e. The Hall–Kier alpha value is -1.66. The Bertz CT molecular complexity index is 1460. The summed E-state index contributed by atoms with van der Waals surface area (Å²) < 4.78 is 17.7. The topological polar surface area (TPSA) is 27.7 Å². The first kappa shape index (κ1) is 40.4. The van der Waals surface area contributed by atoms with Crippen LogP contribution >= 0.6 is 0 Å². The van der Waals surface area contributed by atoms with Crippen LogP contribution in [0.1, 0.15) is 61.1 Å². The summed E-state index contributed by atoms with van der Waals surface area (Å²) in [5.41, 5.74) is 13.4. The van der Waals surface area contributed by atoms with Gasteiger partial charge in [0, 0.05) is 0 Å². The number of aryl methyl sites for hydroxylation is 3. The van der Waals surface area contributed by atoms with Gasteiger partial charge in [0.25, 0.3) is 0 Å². The third kappa shape index (κ3) is 5.85. The minimum absolute atomic E-state index is 0. The van der Waals surface area contributed by atoms with E-state index in [4.69, 9.17) is 14.2 Å². The molecule has 0 bridgehead atoms. The second-order valence-corrected chi connectivity index (χ2v) is 17.7. The summed E-state index contributed by atoms with van der Waals surface area (Å²) in [4.78, 5) is 0. The van der Waals surface area contributed by atoms with Gasteiger partial charge in [0.05, 0.1) is 0 Å². The van der Waals surface area contributed by atoms with E-state index in [1.165, 1.54) is 71.2 Å². The molecule has 236 valence electrons. The fourth-order valence-electron chi connectivity index (χ4n) is 7.01. The van der Waals surface area contributed by atoms with Gasteiger partial charge in [-0.25, -0.2) is 0 Å². The van der Waals surface area contributed by atoms with Crippen molar-refractivity contribution in [3.63, 3.8) is 0 Å². The molecule has 0 fully saturated rings.